The second-order valence-electron chi connectivity index (χ2n) is 8.14. The maximum atomic E-state index is 12.1. The summed E-state index contributed by atoms with van der Waals surface area (Å²) in [7, 11) is -0.327. The quantitative estimate of drug-likeness (QED) is 0.538. The van der Waals surface area contributed by atoms with E-state index in [0.29, 0.717) is 36.8 Å². The van der Waals surface area contributed by atoms with E-state index in [1.165, 1.54) is 0 Å². The van der Waals surface area contributed by atoms with E-state index in [1.807, 2.05) is 31.2 Å². The number of aromatic nitrogens is 1. The molecule has 0 unspecified atom stereocenters. The zero-order valence-corrected chi connectivity index (χ0v) is 20.2. The van der Waals surface area contributed by atoms with Gasteiger partial charge < -0.3 is 14.2 Å². The second kappa shape index (κ2) is 9.69. The molecule has 0 saturated heterocycles. The molecule has 8 nitrogen and oxygen atoms in total. The molecule has 3 atom stereocenters. The molecule has 1 fully saturated rings. The lowest BCUT2D eigenvalue weighted by molar-refractivity contribution is 0.140. The van der Waals surface area contributed by atoms with Crippen LogP contribution in [0, 0.1) is 0 Å². The smallest absolute Gasteiger partial charge is 0.267 e. The van der Waals surface area contributed by atoms with Gasteiger partial charge in [0.1, 0.15) is 0 Å². The number of rotatable bonds is 8. The van der Waals surface area contributed by atoms with Crippen molar-refractivity contribution in [2.75, 3.05) is 26.6 Å². The molecular formula is C24H30N2O6S. The van der Waals surface area contributed by atoms with E-state index >= 15 is 0 Å². The molecule has 33 heavy (non-hydrogen) atoms. The Labute approximate surface area is 195 Å². The number of methoxy groups -OCH3 is 2. The van der Waals surface area contributed by atoms with Crippen molar-refractivity contribution >= 4 is 15.8 Å². The average Bonchev–Trinajstić information content (AvgIpc) is 2.83. The summed E-state index contributed by atoms with van der Waals surface area (Å²) in [5, 5.41) is 0. The van der Waals surface area contributed by atoms with E-state index in [2.05, 4.69) is 4.98 Å². The Morgan fingerprint density at radius 1 is 1.06 bits per heavy atom. The van der Waals surface area contributed by atoms with Crippen LogP contribution in [0.2, 0.25) is 0 Å². The molecule has 0 amide bonds. The van der Waals surface area contributed by atoms with Crippen molar-refractivity contribution in [3.05, 3.63) is 47.2 Å². The summed E-state index contributed by atoms with van der Waals surface area (Å²) in [5.41, 5.74) is 3.71. The van der Waals surface area contributed by atoms with Crippen molar-refractivity contribution in [3.63, 3.8) is 0 Å². The Kier molecular flexibility index (Phi) is 6.90. The van der Waals surface area contributed by atoms with Crippen LogP contribution in [0.3, 0.4) is 0 Å². The fourth-order valence-electron chi connectivity index (χ4n) is 4.59. The molecule has 0 spiro atoms. The summed E-state index contributed by atoms with van der Waals surface area (Å²) in [6.45, 7) is 4.03. The van der Waals surface area contributed by atoms with Crippen molar-refractivity contribution in [1.82, 2.24) is 4.98 Å². The first-order valence-electron chi connectivity index (χ1n) is 11.2. The SMILES string of the molecule is CCOc1cc2c(cc1OC)C(c1ccc(OC)nc1)=N[C@@H]1CC[C@@H](OS(=O)(=O)CC)C[C@H]21. The average molecular weight is 475 g/mol. The largest absolute Gasteiger partial charge is 0.493 e. The maximum Gasteiger partial charge on any atom is 0.267 e. The Bertz CT molecular complexity index is 1130. The molecule has 1 aromatic heterocycles. The molecular weight excluding hydrogens is 444 g/mol. The van der Waals surface area contributed by atoms with Crippen LogP contribution in [-0.4, -0.2) is 57.8 Å². The zero-order chi connectivity index (χ0) is 23.6. The molecule has 1 saturated carbocycles. The number of aliphatic imine (C=N–C) groups is 1. The topological polar surface area (TPSA) is 96.3 Å². The lowest BCUT2D eigenvalue weighted by Crippen LogP contribution is -2.36. The highest BCUT2D eigenvalue weighted by molar-refractivity contribution is 7.86. The van der Waals surface area contributed by atoms with E-state index < -0.39 is 10.1 Å². The molecule has 9 heteroatoms. The lowest BCUT2D eigenvalue weighted by atomic mass is 9.74. The zero-order valence-electron chi connectivity index (χ0n) is 19.4. The van der Waals surface area contributed by atoms with Crippen LogP contribution in [0.15, 0.2) is 35.5 Å². The molecule has 2 heterocycles. The minimum atomic E-state index is -3.52. The van der Waals surface area contributed by atoms with Crippen LogP contribution in [0.25, 0.3) is 0 Å². The first kappa shape index (κ1) is 23.5. The van der Waals surface area contributed by atoms with Crippen LogP contribution in [0.5, 0.6) is 17.4 Å². The van der Waals surface area contributed by atoms with Gasteiger partial charge in [0.05, 0.1) is 44.4 Å². The van der Waals surface area contributed by atoms with Crippen LogP contribution in [-0.2, 0) is 14.3 Å². The molecule has 1 aliphatic heterocycles. The fourth-order valence-corrected chi connectivity index (χ4v) is 5.31. The highest BCUT2D eigenvalue weighted by Gasteiger charge is 2.39. The van der Waals surface area contributed by atoms with Gasteiger partial charge in [0.2, 0.25) is 5.88 Å². The Morgan fingerprint density at radius 2 is 1.88 bits per heavy atom. The van der Waals surface area contributed by atoms with Gasteiger partial charge in [-0.15, -0.1) is 0 Å². The number of benzene rings is 1. The van der Waals surface area contributed by atoms with Gasteiger partial charge in [-0.1, -0.05) is 0 Å². The Balaban J connectivity index is 1.78. The minimum absolute atomic E-state index is 0.0154. The number of pyridine rings is 1. The number of hydrogen-bond acceptors (Lipinski definition) is 8. The van der Waals surface area contributed by atoms with Crippen LogP contribution >= 0.6 is 0 Å². The summed E-state index contributed by atoms with van der Waals surface area (Å²) in [6.07, 6.45) is 3.35. The Morgan fingerprint density at radius 3 is 2.52 bits per heavy atom. The van der Waals surface area contributed by atoms with Gasteiger partial charge in [0.25, 0.3) is 10.1 Å². The first-order chi connectivity index (χ1) is 15.9. The molecule has 1 aromatic carbocycles. The van der Waals surface area contributed by atoms with Crippen LogP contribution < -0.4 is 14.2 Å². The summed E-state index contributed by atoms with van der Waals surface area (Å²) in [4.78, 5) is 9.46. The number of ether oxygens (including phenoxy) is 3. The van der Waals surface area contributed by atoms with Crippen molar-refractivity contribution < 1.29 is 26.8 Å². The van der Waals surface area contributed by atoms with Crippen LogP contribution in [0.1, 0.15) is 55.7 Å². The molecule has 1 aliphatic carbocycles. The van der Waals surface area contributed by atoms with Crippen molar-refractivity contribution in [1.29, 1.82) is 0 Å². The van der Waals surface area contributed by atoms with Crippen LogP contribution in [0.4, 0.5) is 0 Å². The minimum Gasteiger partial charge on any atom is -0.493 e. The van der Waals surface area contributed by atoms with E-state index in [0.717, 1.165) is 28.8 Å². The Hall–Kier alpha value is -2.65. The van der Waals surface area contributed by atoms with Gasteiger partial charge >= 0.3 is 0 Å². The molecule has 178 valence electrons. The number of fused-ring (bicyclic) bond motifs is 3. The van der Waals surface area contributed by atoms with Gasteiger partial charge in [-0.2, -0.15) is 8.42 Å². The van der Waals surface area contributed by atoms with Gasteiger partial charge in [0.15, 0.2) is 11.5 Å². The lowest BCUT2D eigenvalue weighted by Gasteiger charge is -2.38. The molecule has 0 bridgehead atoms. The van der Waals surface area contributed by atoms with E-state index in [1.54, 1.807) is 27.3 Å². The third-order valence-electron chi connectivity index (χ3n) is 6.21. The molecule has 4 rings (SSSR count). The molecule has 2 aliphatic rings. The van der Waals surface area contributed by atoms with Crippen molar-refractivity contribution in [2.45, 2.75) is 51.2 Å². The van der Waals surface area contributed by atoms with Gasteiger partial charge in [-0.05, 0) is 56.9 Å². The summed E-state index contributed by atoms with van der Waals surface area (Å²) >= 11 is 0. The van der Waals surface area contributed by atoms with E-state index in [9.17, 15) is 8.42 Å². The van der Waals surface area contributed by atoms with E-state index in [4.69, 9.17) is 23.4 Å². The highest BCUT2D eigenvalue weighted by Crippen LogP contribution is 2.45. The van der Waals surface area contributed by atoms with Crippen molar-refractivity contribution in [2.24, 2.45) is 4.99 Å². The third kappa shape index (κ3) is 4.84. The third-order valence-corrected chi connectivity index (χ3v) is 7.48. The monoisotopic (exact) mass is 474 g/mol. The second-order valence-corrected chi connectivity index (χ2v) is 10.0. The normalized spacial score (nSPS) is 22.1. The molecule has 2 aromatic rings. The molecule has 0 N–H and O–H groups in total. The van der Waals surface area contributed by atoms with Crippen molar-refractivity contribution in [3.8, 4) is 17.4 Å². The standard InChI is InChI=1S/C24H30N2O6S/c1-5-31-22-12-17-18-11-16(32-33(27,28)6-2)8-9-20(18)26-24(19(17)13-21(22)29-3)15-7-10-23(30-4)25-14-15/h7,10,12-14,16,18,20H,5-6,8-9,11H2,1-4H3/t16-,18-,20-/m1/s1. The number of hydrogen-bond donors (Lipinski definition) is 0. The predicted molar refractivity (Wildman–Crippen MR) is 125 cm³/mol. The molecule has 0 radical (unpaired) electrons. The fraction of sp³-hybridized carbons (Fsp3) is 0.500. The summed E-state index contributed by atoms with van der Waals surface area (Å²) < 4.78 is 46.3. The van der Waals surface area contributed by atoms with Gasteiger partial charge in [0, 0.05) is 29.3 Å². The van der Waals surface area contributed by atoms with Gasteiger partial charge in [-0.25, -0.2) is 4.98 Å². The summed E-state index contributed by atoms with van der Waals surface area (Å²) in [5.74, 6) is 1.81. The summed E-state index contributed by atoms with van der Waals surface area (Å²) in [6, 6.07) is 7.74. The highest BCUT2D eigenvalue weighted by atomic mass is 32.2. The van der Waals surface area contributed by atoms with Gasteiger partial charge in [-0.3, -0.25) is 9.18 Å². The maximum absolute atomic E-state index is 12.1. The predicted octanol–water partition coefficient (Wildman–Crippen LogP) is 3.72. The number of nitrogens with zero attached hydrogens (tertiary/aromatic N) is 2. The first-order valence-corrected chi connectivity index (χ1v) is 12.8. The van der Waals surface area contributed by atoms with E-state index in [-0.39, 0.29) is 23.8 Å².